The molecule has 9 nitrogen and oxygen atoms in total. The minimum atomic E-state index is -3.46. The molecule has 2 aromatic rings. The van der Waals surface area contributed by atoms with Crippen molar-refractivity contribution in [1.82, 2.24) is 13.6 Å². The number of nitrogens with zero attached hydrogens (tertiary/aromatic N) is 5. The van der Waals surface area contributed by atoms with Gasteiger partial charge in [0, 0.05) is 68.3 Å². The Morgan fingerprint density at radius 1 is 1.07 bits per heavy atom. The normalized spacial score (nSPS) is 22.1. The summed E-state index contributed by atoms with van der Waals surface area (Å²) < 4.78 is 29.4. The summed E-state index contributed by atoms with van der Waals surface area (Å²) in [6, 6.07) is 5.06. The third kappa shape index (κ3) is 3.67. The van der Waals surface area contributed by atoms with Crippen molar-refractivity contribution in [3.8, 4) is 0 Å². The number of piperidine rings is 1. The number of nitro benzene ring substituents is 1. The molecule has 156 valence electrons. The number of non-ortho nitro benzene ring substituents is 1. The van der Waals surface area contributed by atoms with Crippen LogP contribution in [-0.2, 0) is 10.2 Å². The van der Waals surface area contributed by atoms with Gasteiger partial charge >= 0.3 is 0 Å². The lowest BCUT2D eigenvalue weighted by atomic mass is 10.1. The molecule has 4 rings (SSSR count). The van der Waals surface area contributed by atoms with E-state index >= 15 is 0 Å². The summed E-state index contributed by atoms with van der Waals surface area (Å²) in [7, 11) is -3.46. The Bertz CT molecular complexity index is 1020. The average Bonchev–Trinajstić information content (AvgIpc) is 2.73. The maximum atomic E-state index is 13.1. The first-order chi connectivity index (χ1) is 13.9. The van der Waals surface area contributed by atoms with Gasteiger partial charge in [0.25, 0.3) is 15.9 Å². The lowest BCUT2D eigenvalue weighted by Gasteiger charge is -2.40. The Labute approximate surface area is 170 Å². The minimum Gasteiger partial charge on any atom is -0.368 e. The number of piperazine rings is 1. The van der Waals surface area contributed by atoms with Gasteiger partial charge in [-0.25, -0.2) is 0 Å². The fraction of sp³-hybridized carbons (Fsp3) is 0.526. The first kappa shape index (κ1) is 20.0. The molecule has 29 heavy (non-hydrogen) atoms. The van der Waals surface area contributed by atoms with E-state index in [0.717, 1.165) is 30.3 Å². The molecule has 2 saturated heterocycles. The molecule has 0 aliphatic carbocycles. The van der Waals surface area contributed by atoms with Crippen LogP contribution < -0.4 is 4.90 Å². The third-order valence-electron chi connectivity index (χ3n) is 5.91. The molecule has 10 heteroatoms. The van der Waals surface area contributed by atoms with Crippen molar-refractivity contribution >= 4 is 32.4 Å². The predicted molar refractivity (Wildman–Crippen MR) is 111 cm³/mol. The van der Waals surface area contributed by atoms with Crippen molar-refractivity contribution in [3.05, 3.63) is 40.7 Å². The number of aromatic nitrogens is 1. The molecule has 2 fully saturated rings. The molecular formula is C19H25N5O4S. The number of hydrogen-bond acceptors (Lipinski definition) is 6. The zero-order valence-corrected chi connectivity index (χ0v) is 17.2. The Morgan fingerprint density at radius 2 is 1.83 bits per heavy atom. The van der Waals surface area contributed by atoms with Gasteiger partial charge in [-0.3, -0.25) is 15.1 Å². The zero-order chi connectivity index (χ0) is 20.6. The van der Waals surface area contributed by atoms with Gasteiger partial charge in [-0.05, 0) is 31.9 Å². The van der Waals surface area contributed by atoms with Crippen molar-refractivity contribution in [1.29, 1.82) is 0 Å². The monoisotopic (exact) mass is 419 g/mol. The number of hydrogen-bond donors (Lipinski definition) is 0. The van der Waals surface area contributed by atoms with E-state index in [1.807, 2.05) is 6.92 Å². The van der Waals surface area contributed by atoms with Gasteiger partial charge in [-0.2, -0.15) is 17.0 Å². The number of anilines is 1. The maximum Gasteiger partial charge on any atom is 0.282 e. The van der Waals surface area contributed by atoms with Crippen LogP contribution in [0.25, 0.3) is 10.8 Å². The fourth-order valence-corrected chi connectivity index (χ4v) is 6.16. The van der Waals surface area contributed by atoms with Crippen molar-refractivity contribution < 1.29 is 13.3 Å². The van der Waals surface area contributed by atoms with Gasteiger partial charge in [-0.1, -0.05) is 6.42 Å². The summed E-state index contributed by atoms with van der Waals surface area (Å²) in [6.07, 6.45) is 6.01. The van der Waals surface area contributed by atoms with E-state index in [1.165, 1.54) is 12.3 Å². The van der Waals surface area contributed by atoms with Gasteiger partial charge in [0.05, 0.1) is 10.3 Å². The van der Waals surface area contributed by atoms with Gasteiger partial charge < -0.3 is 4.90 Å². The standard InChI is InChI=1S/C19H25N5O4S/c1-15-4-2-3-9-23(15)29(27,28)22-12-10-21(11-13-22)18-5-6-19(24(25)26)17-14-20-8-7-16(17)18/h5-8,14-15H,2-4,9-13H2,1H3. The molecular weight excluding hydrogens is 394 g/mol. The van der Waals surface area contributed by atoms with Gasteiger partial charge in [0.1, 0.15) is 0 Å². The quantitative estimate of drug-likeness (QED) is 0.557. The Morgan fingerprint density at radius 3 is 2.52 bits per heavy atom. The van der Waals surface area contributed by atoms with Crippen LogP contribution in [-0.4, -0.2) is 65.7 Å². The second-order valence-electron chi connectivity index (χ2n) is 7.63. The molecule has 0 bridgehead atoms. The molecule has 2 aliphatic heterocycles. The first-order valence-electron chi connectivity index (χ1n) is 9.92. The van der Waals surface area contributed by atoms with Crippen LogP contribution in [0.5, 0.6) is 0 Å². The highest BCUT2D eigenvalue weighted by Crippen LogP contribution is 2.34. The minimum absolute atomic E-state index is 0.0251. The largest absolute Gasteiger partial charge is 0.368 e. The van der Waals surface area contributed by atoms with Gasteiger partial charge in [-0.15, -0.1) is 0 Å². The summed E-state index contributed by atoms with van der Waals surface area (Å²) in [6.45, 7) is 4.44. The van der Waals surface area contributed by atoms with Crippen LogP contribution in [0.1, 0.15) is 26.2 Å². The van der Waals surface area contributed by atoms with E-state index in [9.17, 15) is 18.5 Å². The molecule has 0 radical (unpaired) electrons. The molecule has 0 spiro atoms. The van der Waals surface area contributed by atoms with Crippen molar-refractivity contribution in [2.24, 2.45) is 0 Å². The summed E-state index contributed by atoms with van der Waals surface area (Å²) in [5.74, 6) is 0. The number of benzene rings is 1. The Balaban J connectivity index is 1.55. The van der Waals surface area contributed by atoms with E-state index in [2.05, 4.69) is 9.88 Å². The lowest BCUT2D eigenvalue weighted by Crippen LogP contribution is -2.55. The highest BCUT2D eigenvalue weighted by atomic mass is 32.2. The van der Waals surface area contributed by atoms with E-state index in [1.54, 1.807) is 26.9 Å². The van der Waals surface area contributed by atoms with Crippen LogP contribution in [0, 0.1) is 10.1 Å². The highest BCUT2D eigenvalue weighted by Gasteiger charge is 2.36. The van der Waals surface area contributed by atoms with Crippen LogP contribution in [0.4, 0.5) is 11.4 Å². The molecule has 1 aromatic carbocycles. The molecule has 1 unspecified atom stereocenters. The second-order valence-corrected chi connectivity index (χ2v) is 9.51. The smallest absolute Gasteiger partial charge is 0.282 e. The van der Waals surface area contributed by atoms with Gasteiger partial charge in [0.2, 0.25) is 0 Å². The molecule has 2 aliphatic rings. The highest BCUT2D eigenvalue weighted by molar-refractivity contribution is 7.86. The van der Waals surface area contributed by atoms with Crippen LogP contribution in [0.15, 0.2) is 30.6 Å². The van der Waals surface area contributed by atoms with Crippen LogP contribution in [0.2, 0.25) is 0 Å². The van der Waals surface area contributed by atoms with Crippen LogP contribution in [0.3, 0.4) is 0 Å². The maximum absolute atomic E-state index is 13.1. The molecule has 3 heterocycles. The van der Waals surface area contributed by atoms with E-state index in [0.29, 0.717) is 38.1 Å². The summed E-state index contributed by atoms with van der Waals surface area (Å²) in [5, 5.41) is 12.6. The topological polar surface area (TPSA) is 99.9 Å². The van der Waals surface area contributed by atoms with Crippen molar-refractivity contribution in [3.63, 3.8) is 0 Å². The molecule has 0 N–H and O–H groups in total. The predicted octanol–water partition coefficient (Wildman–Crippen LogP) is 2.38. The number of fused-ring (bicyclic) bond motifs is 1. The van der Waals surface area contributed by atoms with Gasteiger partial charge in [0.15, 0.2) is 0 Å². The number of nitro groups is 1. The average molecular weight is 420 g/mol. The first-order valence-corrected chi connectivity index (χ1v) is 11.3. The van der Waals surface area contributed by atoms with Crippen molar-refractivity contribution in [2.45, 2.75) is 32.2 Å². The van der Waals surface area contributed by atoms with E-state index in [4.69, 9.17) is 0 Å². The van der Waals surface area contributed by atoms with Crippen LogP contribution >= 0.6 is 0 Å². The molecule has 0 saturated carbocycles. The summed E-state index contributed by atoms with van der Waals surface area (Å²) >= 11 is 0. The zero-order valence-electron chi connectivity index (χ0n) is 16.4. The number of rotatable bonds is 4. The second kappa shape index (κ2) is 7.85. The molecule has 1 atom stereocenters. The number of pyridine rings is 1. The molecule has 1 aromatic heterocycles. The fourth-order valence-electron chi connectivity index (χ4n) is 4.32. The van der Waals surface area contributed by atoms with Crippen molar-refractivity contribution in [2.75, 3.05) is 37.6 Å². The lowest BCUT2D eigenvalue weighted by molar-refractivity contribution is -0.383. The summed E-state index contributed by atoms with van der Waals surface area (Å²) in [4.78, 5) is 17.0. The Kier molecular flexibility index (Phi) is 5.41. The van der Waals surface area contributed by atoms with E-state index < -0.39 is 15.1 Å². The summed E-state index contributed by atoms with van der Waals surface area (Å²) in [5.41, 5.74) is 0.897. The molecule has 0 amide bonds. The Hall–Kier alpha value is -2.30. The van der Waals surface area contributed by atoms with E-state index in [-0.39, 0.29) is 11.7 Å². The SMILES string of the molecule is CC1CCCCN1S(=O)(=O)N1CCN(c2ccc([N+](=O)[O-])c3cnccc23)CC1. The third-order valence-corrected chi connectivity index (χ3v) is 8.07.